The van der Waals surface area contributed by atoms with Crippen molar-refractivity contribution in [2.45, 2.75) is 31.3 Å². The quantitative estimate of drug-likeness (QED) is 0.687. The topological polar surface area (TPSA) is 73.8 Å². The number of benzene rings is 2. The minimum Gasteiger partial charge on any atom is -0.366 e. The van der Waals surface area contributed by atoms with Crippen LogP contribution in [0.3, 0.4) is 0 Å². The average Bonchev–Trinajstić information content (AvgIpc) is 3.03. The maximum Gasteiger partial charge on any atom is 0.248 e. The number of primary amides is 1. The molecule has 1 aromatic heterocycles. The third-order valence-corrected chi connectivity index (χ3v) is 4.93. The highest BCUT2D eigenvalue weighted by atomic mass is 32.2. The second-order valence-corrected chi connectivity index (χ2v) is 6.72. The van der Waals surface area contributed by atoms with Crippen LogP contribution in [0.25, 0.3) is 11.4 Å². The summed E-state index contributed by atoms with van der Waals surface area (Å²) in [6.07, 6.45) is 0. The van der Waals surface area contributed by atoms with E-state index in [1.54, 1.807) is 17.8 Å². The Morgan fingerprint density at radius 2 is 1.96 bits per heavy atom. The van der Waals surface area contributed by atoms with Gasteiger partial charge in [0, 0.05) is 23.4 Å². The fraction of sp³-hybridized carbons (Fsp3) is 0.211. The molecule has 0 atom stereocenters. The second kappa shape index (κ2) is 7.53. The number of rotatable bonds is 6. The first-order valence-corrected chi connectivity index (χ1v) is 9.09. The van der Waals surface area contributed by atoms with Crippen molar-refractivity contribution in [1.82, 2.24) is 14.8 Å². The predicted molar refractivity (Wildman–Crippen MR) is 100 cm³/mol. The lowest BCUT2D eigenvalue weighted by atomic mass is 10.1. The van der Waals surface area contributed by atoms with E-state index in [0.717, 1.165) is 28.7 Å². The zero-order valence-corrected chi connectivity index (χ0v) is 15.1. The van der Waals surface area contributed by atoms with Gasteiger partial charge in [-0.1, -0.05) is 47.7 Å². The number of carbonyl (C=O) groups excluding carboxylic acids is 1. The van der Waals surface area contributed by atoms with Gasteiger partial charge in [0.15, 0.2) is 11.0 Å². The zero-order chi connectivity index (χ0) is 17.8. The summed E-state index contributed by atoms with van der Waals surface area (Å²) in [5, 5.41) is 9.59. The molecule has 1 amide bonds. The Labute approximate surface area is 151 Å². The molecule has 0 radical (unpaired) electrons. The lowest BCUT2D eigenvalue weighted by molar-refractivity contribution is 0.1000. The van der Waals surface area contributed by atoms with E-state index in [1.165, 1.54) is 5.56 Å². The Hall–Kier alpha value is -2.60. The van der Waals surface area contributed by atoms with Crippen LogP contribution in [-0.4, -0.2) is 20.7 Å². The normalized spacial score (nSPS) is 10.8. The summed E-state index contributed by atoms with van der Waals surface area (Å²) in [4.78, 5) is 11.3. The van der Waals surface area contributed by atoms with Gasteiger partial charge in [0.05, 0.1) is 0 Å². The van der Waals surface area contributed by atoms with Crippen LogP contribution in [0, 0.1) is 6.92 Å². The molecule has 3 aromatic rings. The molecule has 0 aliphatic rings. The maximum atomic E-state index is 11.3. The van der Waals surface area contributed by atoms with Crippen LogP contribution in [0.15, 0.2) is 53.7 Å². The van der Waals surface area contributed by atoms with Crippen molar-refractivity contribution in [2.24, 2.45) is 5.73 Å². The van der Waals surface area contributed by atoms with Gasteiger partial charge in [0.25, 0.3) is 0 Å². The minimum atomic E-state index is -0.412. The Bertz CT molecular complexity index is 904. The molecule has 1 heterocycles. The second-order valence-electron chi connectivity index (χ2n) is 5.77. The molecule has 25 heavy (non-hydrogen) atoms. The molecule has 0 bridgehead atoms. The van der Waals surface area contributed by atoms with E-state index in [1.807, 2.05) is 30.3 Å². The first-order valence-electron chi connectivity index (χ1n) is 8.10. The van der Waals surface area contributed by atoms with Crippen molar-refractivity contribution in [3.05, 3.63) is 65.2 Å². The molecule has 0 saturated heterocycles. The van der Waals surface area contributed by atoms with Crippen LogP contribution in [-0.2, 0) is 12.3 Å². The lowest BCUT2D eigenvalue weighted by Gasteiger charge is -2.08. The largest absolute Gasteiger partial charge is 0.366 e. The van der Waals surface area contributed by atoms with Crippen molar-refractivity contribution in [3.63, 3.8) is 0 Å². The van der Waals surface area contributed by atoms with Gasteiger partial charge in [0.2, 0.25) is 5.91 Å². The van der Waals surface area contributed by atoms with Crippen LogP contribution in [0.2, 0.25) is 0 Å². The van der Waals surface area contributed by atoms with Gasteiger partial charge in [0.1, 0.15) is 0 Å². The molecule has 3 rings (SSSR count). The van der Waals surface area contributed by atoms with Crippen molar-refractivity contribution in [1.29, 1.82) is 0 Å². The van der Waals surface area contributed by atoms with Crippen LogP contribution < -0.4 is 5.73 Å². The Kier molecular flexibility index (Phi) is 5.19. The van der Waals surface area contributed by atoms with Crippen molar-refractivity contribution < 1.29 is 4.79 Å². The van der Waals surface area contributed by atoms with E-state index in [9.17, 15) is 4.79 Å². The van der Waals surface area contributed by atoms with Crippen LogP contribution in [0.5, 0.6) is 0 Å². The van der Waals surface area contributed by atoms with E-state index in [2.05, 4.69) is 40.7 Å². The number of carbonyl (C=O) groups is 1. The van der Waals surface area contributed by atoms with E-state index >= 15 is 0 Å². The van der Waals surface area contributed by atoms with Gasteiger partial charge in [-0.3, -0.25) is 4.79 Å². The molecular formula is C19H20N4OS. The smallest absolute Gasteiger partial charge is 0.248 e. The van der Waals surface area contributed by atoms with Crippen molar-refractivity contribution >= 4 is 17.7 Å². The summed E-state index contributed by atoms with van der Waals surface area (Å²) < 4.78 is 2.11. The van der Waals surface area contributed by atoms with Crippen molar-refractivity contribution in [3.8, 4) is 11.4 Å². The third kappa shape index (κ3) is 3.91. The fourth-order valence-corrected chi connectivity index (χ4v) is 3.59. The lowest BCUT2D eigenvalue weighted by Crippen LogP contribution is -2.10. The highest BCUT2D eigenvalue weighted by molar-refractivity contribution is 7.98. The molecule has 0 aliphatic carbocycles. The van der Waals surface area contributed by atoms with Gasteiger partial charge in [-0.2, -0.15) is 0 Å². The standard InChI is InChI=1S/C19H20N4OS/c1-3-23-18(16-9-4-6-13(2)10-16)21-22-19(23)25-12-14-7-5-8-15(11-14)17(20)24/h4-11H,3,12H2,1-2H3,(H2,20,24). The van der Waals surface area contributed by atoms with Gasteiger partial charge in [-0.05, 0) is 37.6 Å². The Morgan fingerprint density at radius 1 is 1.16 bits per heavy atom. The minimum absolute atomic E-state index is 0.412. The number of nitrogens with two attached hydrogens (primary N) is 1. The molecule has 0 aliphatic heterocycles. The van der Waals surface area contributed by atoms with E-state index < -0.39 is 5.91 Å². The highest BCUT2D eigenvalue weighted by Gasteiger charge is 2.13. The molecule has 2 N–H and O–H groups in total. The van der Waals surface area contributed by atoms with Gasteiger partial charge >= 0.3 is 0 Å². The molecule has 128 valence electrons. The first kappa shape index (κ1) is 17.2. The maximum absolute atomic E-state index is 11.3. The summed E-state index contributed by atoms with van der Waals surface area (Å²) in [6.45, 7) is 4.94. The van der Waals surface area contributed by atoms with E-state index in [0.29, 0.717) is 11.3 Å². The van der Waals surface area contributed by atoms with Crippen molar-refractivity contribution in [2.75, 3.05) is 0 Å². The first-order chi connectivity index (χ1) is 12.1. The highest BCUT2D eigenvalue weighted by Crippen LogP contribution is 2.27. The van der Waals surface area contributed by atoms with Gasteiger partial charge in [-0.15, -0.1) is 10.2 Å². The van der Waals surface area contributed by atoms with E-state index in [-0.39, 0.29) is 0 Å². The number of aromatic nitrogens is 3. The fourth-order valence-electron chi connectivity index (χ4n) is 2.64. The molecule has 0 saturated carbocycles. The number of nitrogens with zero attached hydrogens (tertiary/aromatic N) is 3. The summed E-state index contributed by atoms with van der Waals surface area (Å²) in [7, 11) is 0. The zero-order valence-electron chi connectivity index (χ0n) is 14.3. The Balaban J connectivity index is 1.82. The monoisotopic (exact) mass is 352 g/mol. The van der Waals surface area contributed by atoms with Crippen LogP contribution in [0.1, 0.15) is 28.4 Å². The SMILES string of the molecule is CCn1c(SCc2cccc(C(N)=O)c2)nnc1-c1cccc(C)c1. The molecular weight excluding hydrogens is 332 g/mol. The number of hydrogen-bond acceptors (Lipinski definition) is 4. The number of aryl methyl sites for hydroxylation is 1. The molecule has 0 unspecified atom stereocenters. The average molecular weight is 352 g/mol. The van der Waals surface area contributed by atoms with Gasteiger partial charge in [-0.25, -0.2) is 0 Å². The third-order valence-electron chi connectivity index (χ3n) is 3.89. The summed E-state index contributed by atoms with van der Waals surface area (Å²) in [6, 6.07) is 15.6. The van der Waals surface area contributed by atoms with Gasteiger partial charge < -0.3 is 10.3 Å². The molecule has 0 fully saturated rings. The summed E-state index contributed by atoms with van der Waals surface area (Å²) in [5.74, 6) is 1.16. The number of hydrogen-bond donors (Lipinski definition) is 1. The number of thioether (sulfide) groups is 1. The summed E-state index contributed by atoms with van der Waals surface area (Å²) >= 11 is 1.60. The molecule has 0 spiro atoms. The number of amides is 1. The molecule has 2 aromatic carbocycles. The van der Waals surface area contributed by atoms with Crippen LogP contribution >= 0.6 is 11.8 Å². The predicted octanol–water partition coefficient (Wildman–Crippen LogP) is 3.66. The van der Waals surface area contributed by atoms with E-state index in [4.69, 9.17) is 5.73 Å². The molecule has 5 nitrogen and oxygen atoms in total. The Morgan fingerprint density at radius 3 is 2.68 bits per heavy atom. The van der Waals surface area contributed by atoms with Crippen LogP contribution in [0.4, 0.5) is 0 Å². The molecule has 6 heteroatoms. The summed E-state index contributed by atoms with van der Waals surface area (Å²) in [5.41, 5.74) is 9.16.